The fraction of sp³-hybridized carbons (Fsp3) is 0.688. The summed E-state index contributed by atoms with van der Waals surface area (Å²) in [5.74, 6) is 1.53. The van der Waals surface area contributed by atoms with Crippen molar-refractivity contribution < 1.29 is 4.79 Å². The Morgan fingerprint density at radius 2 is 2.00 bits per heavy atom. The topological polar surface area (TPSA) is 58.1 Å². The van der Waals surface area contributed by atoms with Gasteiger partial charge in [0.2, 0.25) is 0 Å². The predicted molar refractivity (Wildman–Crippen MR) is 84.3 cm³/mol. The number of aromatic nitrogens is 2. The van der Waals surface area contributed by atoms with Crippen LogP contribution in [0.3, 0.4) is 0 Å². The molecule has 1 aromatic rings. The summed E-state index contributed by atoms with van der Waals surface area (Å²) in [5, 5.41) is 11.3. The minimum absolute atomic E-state index is 0.0134. The lowest BCUT2D eigenvalue weighted by Gasteiger charge is -2.31. The number of anilines is 1. The number of hydrogen-bond acceptors (Lipinski definition) is 4. The Morgan fingerprint density at radius 1 is 1.24 bits per heavy atom. The zero-order valence-corrected chi connectivity index (χ0v) is 13.1. The molecule has 2 rings (SSSR count). The first kappa shape index (κ1) is 15.7. The number of nitrogens with zero attached hydrogens (tertiary/aromatic N) is 3. The van der Waals surface area contributed by atoms with E-state index in [4.69, 9.17) is 0 Å². The second-order valence-electron chi connectivity index (χ2n) is 5.75. The highest BCUT2D eigenvalue weighted by molar-refractivity contribution is 5.92. The van der Waals surface area contributed by atoms with E-state index < -0.39 is 0 Å². The van der Waals surface area contributed by atoms with Gasteiger partial charge < -0.3 is 10.2 Å². The maximum absolute atomic E-state index is 12.4. The molecule has 1 aliphatic rings. The van der Waals surface area contributed by atoms with Crippen molar-refractivity contribution >= 4 is 11.7 Å². The third kappa shape index (κ3) is 4.41. The number of hydrogen-bond donors (Lipinski definition) is 1. The van der Waals surface area contributed by atoms with Gasteiger partial charge in [-0.2, -0.15) is 0 Å². The Morgan fingerprint density at radius 3 is 2.57 bits per heavy atom. The number of piperidine rings is 1. The summed E-state index contributed by atoms with van der Waals surface area (Å²) in [7, 11) is 0. The standard InChI is InChI=1S/C16H26N4O/c1-3-5-13-8-11-20(12-9-13)16(21)14-6-7-15(19-18-14)17-10-4-2/h6-7,13H,3-5,8-12H2,1-2H3,(H,17,19). The summed E-state index contributed by atoms with van der Waals surface area (Å²) in [6, 6.07) is 3.60. The summed E-state index contributed by atoms with van der Waals surface area (Å²) >= 11 is 0. The van der Waals surface area contributed by atoms with Crippen molar-refractivity contribution in [2.24, 2.45) is 5.92 Å². The van der Waals surface area contributed by atoms with Crippen molar-refractivity contribution in [2.75, 3.05) is 25.0 Å². The largest absolute Gasteiger partial charge is 0.369 e. The van der Waals surface area contributed by atoms with Crippen LogP contribution in [-0.4, -0.2) is 40.6 Å². The summed E-state index contributed by atoms with van der Waals surface area (Å²) in [5.41, 5.74) is 0.450. The minimum Gasteiger partial charge on any atom is -0.369 e. The molecule has 0 aromatic carbocycles. The minimum atomic E-state index is 0.0134. The van der Waals surface area contributed by atoms with Crippen molar-refractivity contribution in [1.82, 2.24) is 15.1 Å². The van der Waals surface area contributed by atoms with Gasteiger partial charge in [-0.25, -0.2) is 0 Å². The van der Waals surface area contributed by atoms with Gasteiger partial charge in [0.05, 0.1) is 0 Å². The number of carbonyl (C=O) groups excluding carboxylic acids is 1. The number of carbonyl (C=O) groups is 1. The van der Waals surface area contributed by atoms with Crippen LogP contribution in [0.4, 0.5) is 5.82 Å². The average Bonchev–Trinajstić information content (AvgIpc) is 2.54. The van der Waals surface area contributed by atoms with Crippen molar-refractivity contribution in [3.05, 3.63) is 17.8 Å². The molecule has 1 N–H and O–H groups in total. The number of nitrogens with one attached hydrogen (secondary N) is 1. The summed E-state index contributed by atoms with van der Waals surface area (Å²) in [4.78, 5) is 14.3. The third-order valence-corrected chi connectivity index (χ3v) is 4.04. The highest BCUT2D eigenvalue weighted by Gasteiger charge is 2.24. The van der Waals surface area contributed by atoms with Gasteiger partial charge in [-0.05, 0) is 37.3 Å². The molecular formula is C16H26N4O. The van der Waals surface area contributed by atoms with Crippen LogP contribution in [0.1, 0.15) is 56.4 Å². The summed E-state index contributed by atoms with van der Waals surface area (Å²) in [6.07, 6.45) is 5.78. The van der Waals surface area contributed by atoms with E-state index in [0.29, 0.717) is 5.69 Å². The lowest BCUT2D eigenvalue weighted by Crippen LogP contribution is -2.38. The molecule has 5 heteroatoms. The van der Waals surface area contributed by atoms with Gasteiger partial charge in [0, 0.05) is 19.6 Å². The molecule has 5 nitrogen and oxygen atoms in total. The first-order valence-electron chi connectivity index (χ1n) is 8.11. The van der Waals surface area contributed by atoms with Gasteiger partial charge >= 0.3 is 0 Å². The van der Waals surface area contributed by atoms with Crippen LogP contribution in [0.2, 0.25) is 0 Å². The normalized spacial score (nSPS) is 16.0. The first-order chi connectivity index (χ1) is 10.2. The van der Waals surface area contributed by atoms with Crippen LogP contribution in [0.15, 0.2) is 12.1 Å². The molecule has 116 valence electrons. The summed E-state index contributed by atoms with van der Waals surface area (Å²) < 4.78 is 0. The lowest BCUT2D eigenvalue weighted by molar-refractivity contribution is 0.0679. The van der Waals surface area contributed by atoms with Crippen LogP contribution in [0.5, 0.6) is 0 Å². The van der Waals surface area contributed by atoms with Gasteiger partial charge in [0.25, 0.3) is 5.91 Å². The SMILES string of the molecule is CCCNc1ccc(C(=O)N2CCC(CCC)CC2)nn1. The monoisotopic (exact) mass is 290 g/mol. The van der Waals surface area contributed by atoms with Gasteiger partial charge in [-0.3, -0.25) is 4.79 Å². The van der Waals surface area contributed by atoms with E-state index in [1.54, 1.807) is 6.07 Å². The Balaban J connectivity index is 1.88. The predicted octanol–water partition coefficient (Wildman–Crippen LogP) is 2.95. The number of likely N-dealkylation sites (tertiary alicyclic amines) is 1. The molecule has 1 amide bonds. The number of amides is 1. The molecule has 1 aromatic heterocycles. The van der Waals surface area contributed by atoms with Gasteiger partial charge in [-0.15, -0.1) is 10.2 Å². The quantitative estimate of drug-likeness (QED) is 0.875. The zero-order valence-electron chi connectivity index (χ0n) is 13.1. The third-order valence-electron chi connectivity index (χ3n) is 4.04. The highest BCUT2D eigenvalue weighted by Crippen LogP contribution is 2.22. The van der Waals surface area contributed by atoms with E-state index in [9.17, 15) is 4.79 Å². The van der Waals surface area contributed by atoms with E-state index in [-0.39, 0.29) is 5.91 Å². The lowest BCUT2D eigenvalue weighted by atomic mass is 9.92. The molecule has 0 bridgehead atoms. The molecule has 0 spiro atoms. The molecule has 21 heavy (non-hydrogen) atoms. The van der Waals surface area contributed by atoms with E-state index in [0.717, 1.165) is 50.6 Å². The van der Waals surface area contributed by atoms with E-state index in [1.165, 1.54) is 12.8 Å². The molecule has 1 saturated heterocycles. The van der Waals surface area contributed by atoms with Gasteiger partial charge in [-0.1, -0.05) is 26.7 Å². The molecule has 0 aliphatic carbocycles. The fourth-order valence-corrected chi connectivity index (χ4v) is 2.79. The van der Waals surface area contributed by atoms with Crippen molar-refractivity contribution in [3.63, 3.8) is 0 Å². The molecule has 0 saturated carbocycles. The molecule has 1 aliphatic heterocycles. The highest BCUT2D eigenvalue weighted by atomic mass is 16.2. The second-order valence-corrected chi connectivity index (χ2v) is 5.75. The smallest absolute Gasteiger partial charge is 0.274 e. The molecule has 1 fully saturated rings. The fourth-order valence-electron chi connectivity index (χ4n) is 2.79. The second kappa shape index (κ2) is 7.96. The Labute approximate surface area is 127 Å². The molecular weight excluding hydrogens is 264 g/mol. The first-order valence-corrected chi connectivity index (χ1v) is 8.11. The average molecular weight is 290 g/mol. The molecule has 0 atom stereocenters. The van der Waals surface area contributed by atoms with Crippen LogP contribution in [-0.2, 0) is 0 Å². The van der Waals surface area contributed by atoms with Crippen molar-refractivity contribution in [1.29, 1.82) is 0 Å². The van der Waals surface area contributed by atoms with E-state index in [2.05, 4.69) is 29.4 Å². The Hall–Kier alpha value is -1.65. The van der Waals surface area contributed by atoms with Crippen LogP contribution >= 0.6 is 0 Å². The molecule has 2 heterocycles. The van der Waals surface area contributed by atoms with Gasteiger partial charge in [0.1, 0.15) is 5.82 Å². The Kier molecular flexibility index (Phi) is 5.96. The van der Waals surface area contributed by atoms with Crippen molar-refractivity contribution in [2.45, 2.75) is 46.0 Å². The summed E-state index contributed by atoms with van der Waals surface area (Å²) in [6.45, 7) is 6.89. The van der Waals surface area contributed by atoms with Gasteiger partial charge in [0.15, 0.2) is 5.69 Å². The molecule has 0 unspecified atom stereocenters. The van der Waals surface area contributed by atoms with Crippen molar-refractivity contribution in [3.8, 4) is 0 Å². The van der Waals surface area contributed by atoms with E-state index >= 15 is 0 Å². The maximum Gasteiger partial charge on any atom is 0.274 e. The molecule has 0 radical (unpaired) electrons. The zero-order chi connectivity index (χ0) is 15.1. The van der Waals surface area contributed by atoms with Crippen LogP contribution in [0, 0.1) is 5.92 Å². The van der Waals surface area contributed by atoms with E-state index in [1.807, 2.05) is 11.0 Å². The number of rotatable bonds is 6. The maximum atomic E-state index is 12.4. The van der Waals surface area contributed by atoms with Crippen LogP contribution in [0.25, 0.3) is 0 Å². The van der Waals surface area contributed by atoms with Crippen LogP contribution < -0.4 is 5.32 Å². The Bertz CT molecular complexity index is 438.